The minimum Gasteiger partial charge on any atom is -0.376 e. The lowest BCUT2D eigenvalue weighted by Crippen LogP contribution is -2.13. The van der Waals surface area contributed by atoms with Crippen molar-refractivity contribution in [3.05, 3.63) is 41.0 Å². The molecular formula is C10H9ClN4O2. The van der Waals surface area contributed by atoms with Crippen LogP contribution in [0, 0.1) is 0 Å². The maximum atomic E-state index is 10.7. The lowest BCUT2D eigenvalue weighted by molar-refractivity contribution is 0.0987. The van der Waals surface area contributed by atoms with E-state index in [1.807, 2.05) is 12.1 Å². The molecule has 1 aromatic heterocycles. The Morgan fingerprint density at radius 2 is 2.12 bits per heavy atom. The zero-order valence-electron chi connectivity index (χ0n) is 8.68. The molecule has 0 aliphatic heterocycles. The average molecular weight is 253 g/mol. The van der Waals surface area contributed by atoms with Crippen LogP contribution in [0.2, 0.25) is 5.02 Å². The molecule has 1 amide bonds. The summed E-state index contributed by atoms with van der Waals surface area (Å²) in [7, 11) is 0. The van der Waals surface area contributed by atoms with E-state index >= 15 is 0 Å². The summed E-state index contributed by atoms with van der Waals surface area (Å²) < 4.78 is 4.82. The topological polar surface area (TPSA) is 94.0 Å². The molecule has 0 unspecified atom stereocenters. The Hall–Kier alpha value is -2.08. The van der Waals surface area contributed by atoms with Gasteiger partial charge in [0.2, 0.25) is 5.89 Å². The van der Waals surface area contributed by atoms with Gasteiger partial charge >= 0.3 is 0 Å². The van der Waals surface area contributed by atoms with Crippen molar-refractivity contribution in [2.75, 3.05) is 5.32 Å². The molecule has 7 heteroatoms. The lowest BCUT2D eigenvalue weighted by atomic mass is 10.3. The zero-order valence-corrected chi connectivity index (χ0v) is 9.44. The Balaban J connectivity index is 1.97. The summed E-state index contributed by atoms with van der Waals surface area (Å²) in [5.74, 6) is -0.557. The van der Waals surface area contributed by atoms with Crippen molar-refractivity contribution in [2.45, 2.75) is 6.54 Å². The molecule has 0 saturated heterocycles. The number of hydrogen-bond acceptors (Lipinski definition) is 5. The number of nitrogens with one attached hydrogen (secondary N) is 1. The number of anilines is 1. The van der Waals surface area contributed by atoms with E-state index in [1.54, 1.807) is 12.1 Å². The third-order valence-electron chi connectivity index (χ3n) is 1.98. The Morgan fingerprint density at radius 1 is 1.41 bits per heavy atom. The van der Waals surface area contributed by atoms with Gasteiger partial charge in [-0.15, -0.1) is 0 Å². The summed E-state index contributed by atoms with van der Waals surface area (Å²) >= 11 is 5.75. The molecule has 3 N–H and O–H groups in total. The predicted molar refractivity (Wildman–Crippen MR) is 61.6 cm³/mol. The van der Waals surface area contributed by atoms with E-state index in [2.05, 4.69) is 15.5 Å². The molecule has 2 aromatic rings. The number of benzene rings is 1. The summed E-state index contributed by atoms with van der Waals surface area (Å²) in [5, 5.41) is 7.11. The molecule has 88 valence electrons. The van der Waals surface area contributed by atoms with Gasteiger partial charge in [-0.25, -0.2) is 0 Å². The Kier molecular flexibility index (Phi) is 3.24. The second-order valence-corrected chi connectivity index (χ2v) is 3.67. The molecule has 17 heavy (non-hydrogen) atoms. The molecular weight excluding hydrogens is 244 g/mol. The van der Waals surface area contributed by atoms with Crippen LogP contribution < -0.4 is 11.1 Å². The van der Waals surface area contributed by atoms with Gasteiger partial charge in [-0.05, 0) is 24.3 Å². The Labute approximate surface area is 102 Å². The highest BCUT2D eigenvalue weighted by Crippen LogP contribution is 2.13. The van der Waals surface area contributed by atoms with Crippen LogP contribution in [0.1, 0.15) is 16.5 Å². The minimum absolute atomic E-state index is 0.127. The number of carbonyl (C=O) groups is 1. The third-order valence-corrected chi connectivity index (χ3v) is 2.23. The van der Waals surface area contributed by atoms with Crippen LogP contribution in [0.15, 0.2) is 28.8 Å². The first-order chi connectivity index (χ1) is 8.15. The number of nitrogens with two attached hydrogens (primary N) is 1. The van der Waals surface area contributed by atoms with Gasteiger partial charge < -0.3 is 15.6 Å². The fourth-order valence-corrected chi connectivity index (χ4v) is 1.30. The summed E-state index contributed by atoms with van der Waals surface area (Å²) in [4.78, 5) is 14.5. The molecule has 0 saturated carbocycles. The van der Waals surface area contributed by atoms with E-state index < -0.39 is 5.91 Å². The summed E-state index contributed by atoms with van der Waals surface area (Å²) in [5.41, 5.74) is 5.85. The number of nitrogens with zero attached hydrogens (tertiary/aromatic N) is 2. The van der Waals surface area contributed by atoms with Crippen LogP contribution in [0.25, 0.3) is 0 Å². The quantitative estimate of drug-likeness (QED) is 0.859. The largest absolute Gasteiger partial charge is 0.376 e. The van der Waals surface area contributed by atoms with Crippen LogP contribution >= 0.6 is 11.6 Å². The molecule has 0 bridgehead atoms. The molecule has 1 aromatic carbocycles. The van der Waals surface area contributed by atoms with Crippen LogP contribution in [-0.2, 0) is 6.54 Å². The van der Waals surface area contributed by atoms with Crippen LogP contribution in [-0.4, -0.2) is 16.0 Å². The number of halogens is 1. The number of primary amides is 1. The summed E-state index contributed by atoms with van der Waals surface area (Å²) in [6.45, 7) is 0.307. The van der Waals surface area contributed by atoms with Crippen LogP contribution in [0.5, 0.6) is 0 Å². The number of aromatic nitrogens is 2. The third kappa shape index (κ3) is 2.94. The number of hydrogen-bond donors (Lipinski definition) is 2. The molecule has 0 aliphatic carbocycles. The second-order valence-electron chi connectivity index (χ2n) is 3.24. The van der Waals surface area contributed by atoms with E-state index in [0.717, 1.165) is 5.69 Å². The fraction of sp³-hybridized carbons (Fsp3) is 0.100. The first-order valence-corrected chi connectivity index (χ1v) is 5.15. The number of amides is 1. The Bertz CT molecular complexity index is 523. The summed E-state index contributed by atoms with van der Waals surface area (Å²) in [6, 6.07) is 7.14. The maximum Gasteiger partial charge on any atom is 0.290 e. The van der Waals surface area contributed by atoms with E-state index in [1.165, 1.54) is 0 Å². The zero-order chi connectivity index (χ0) is 12.3. The van der Waals surface area contributed by atoms with E-state index in [0.29, 0.717) is 11.6 Å². The average Bonchev–Trinajstić information content (AvgIpc) is 2.77. The molecule has 0 fully saturated rings. The molecule has 0 atom stereocenters. The van der Waals surface area contributed by atoms with Crippen molar-refractivity contribution in [3.8, 4) is 0 Å². The predicted octanol–water partition coefficient (Wildman–Crippen LogP) is 1.43. The smallest absolute Gasteiger partial charge is 0.290 e. The number of rotatable bonds is 4. The van der Waals surface area contributed by atoms with Crippen LogP contribution in [0.4, 0.5) is 5.69 Å². The van der Waals surface area contributed by atoms with Gasteiger partial charge in [-0.3, -0.25) is 4.79 Å². The van der Waals surface area contributed by atoms with Gasteiger partial charge in [0.15, 0.2) is 0 Å². The highest BCUT2D eigenvalue weighted by molar-refractivity contribution is 6.30. The van der Waals surface area contributed by atoms with Gasteiger partial charge in [-0.1, -0.05) is 16.8 Å². The summed E-state index contributed by atoms with van der Waals surface area (Å²) in [6.07, 6.45) is 0. The van der Waals surface area contributed by atoms with E-state index in [4.69, 9.17) is 21.9 Å². The van der Waals surface area contributed by atoms with E-state index in [-0.39, 0.29) is 11.7 Å². The van der Waals surface area contributed by atoms with E-state index in [9.17, 15) is 4.79 Å². The highest BCUT2D eigenvalue weighted by atomic mass is 35.5. The van der Waals surface area contributed by atoms with Gasteiger partial charge in [0.25, 0.3) is 11.7 Å². The van der Waals surface area contributed by atoms with Crippen molar-refractivity contribution >= 4 is 23.2 Å². The normalized spacial score (nSPS) is 10.2. The highest BCUT2D eigenvalue weighted by Gasteiger charge is 2.10. The van der Waals surface area contributed by atoms with Gasteiger partial charge in [0, 0.05) is 10.7 Å². The number of carbonyl (C=O) groups excluding carboxylic acids is 1. The molecule has 6 nitrogen and oxygen atoms in total. The standard InChI is InChI=1S/C10H9ClN4O2/c11-6-1-3-7(4-2-6)13-5-8-14-10(9(12)16)15-17-8/h1-4,13H,5H2,(H2,12,16). The minimum atomic E-state index is -0.716. The molecule has 0 spiro atoms. The van der Waals surface area contributed by atoms with Gasteiger partial charge in [0.05, 0.1) is 6.54 Å². The van der Waals surface area contributed by atoms with Crippen molar-refractivity contribution in [2.24, 2.45) is 5.73 Å². The first-order valence-electron chi connectivity index (χ1n) is 4.77. The second kappa shape index (κ2) is 4.84. The van der Waals surface area contributed by atoms with Crippen molar-refractivity contribution in [1.29, 1.82) is 0 Å². The molecule has 1 heterocycles. The SMILES string of the molecule is NC(=O)c1noc(CNc2ccc(Cl)cc2)n1. The van der Waals surface area contributed by atoms with Gasteiger partial charge in [0.1, 0.15) is 0 Å². The van der Waals surface area contributed by atoms with Crippen molar-refractivity contribution in [3.63, 3.8) is 0 Å². The van der Waals surface area contributed by atoms with Crippen molar-refractivity contribution < 1.29 is 9.32 Å². The van der Waals surface area contributed by atoms with Crippen molar-refractivity contribution in [1.82, 2.24) is 10.1 Å². The van der Waals surface area contributed by atoms with Crippen LogP contribution in [0.3, 0.4) is 0 Å². The lowest BCUT2D eigenvalue weighted by Gasteiger charge is -2.02. The fourth-order valence-electron chi connectivity index (χ4n) is 1.17. The monoisotopic (exact) mass is 252 g/mol. The van der Waals surface area contributed by atoms with Gasteiger partial charge in [-0.2, -0.15) is 4.98 Å². The molecule has 2 rings (SSSR count). The molecule has 0 aliphatic rings. The molecule has 0 radical (unpaired) electrons. The Morgan fingerprint density at radius 3 is 2.71 bits per heavy atom. The first kappa shape index (κ1) is 11.4. The maximum absolute atomic E-state index is 10.7.